The summed E-state index contributed by atoms with van der Waals surface area (Å²) in [6.07, 6.45) is 2.40. The number of nitrogens with zero attached hydrogens (tertiary/aromatic N) is 3. The van der Waals surface area contributed by atoms with E-state index in [0.29, 0.717) is 5.92 Å². The first kappa shape index (κ1) is 24.4. The van der Waals surface area contributed by atoms with Crippen LogP contribution in [0.1, 0.15) is 18.9 Å². The summed E-state index contributed by atoms with van der Waals surface area (Å²) in [6, 6.07) is 10.8. The molecule has 6 nitrogen and oxygen atoms in total. The lowest BCUT2D eigenvalue weighted by molar-refractivity contribution is 0.0389. The summed E-state index contributed by atoms with van der Waals surface area (Å²) < 4.78 is 5.41. The maximum Gasteiger partial charge on any atom is 0.191 e. The summed E-state index contributed by atoms with van der Waals surface area (Å²) >= 11 is 0. The fourth-order valence-electron chi connectivity index (χ4n) is 3.92. The Morgan fingerprint density at radius 1 is 1.07 bits per heavy atom. The van der Waals surface area contributed by atoms with Crippen molar-refractivity contribution in [2.75, 3.05) is 72.1 Å². The highest BCUT2D eigenvalue weighted by atomic mass is 127. The van der Waals surface area contributed by atoms with Crippen LogP contribution in [0.2, 0.25) is 0 Å². The van der Waals surface area contributed by atoms with Crippen molar-refractivity contribution in [1.29, 1.82) is 0 Å². The number of guanidine groups is 1. The Morgan fingerprint density at radius 3 is 2.62 bits per heavy atom. The van der Waals surface area contributed by atoms with Crippen LogP contribution in [-0.2, 0) is 11.2 Å². The Balaban J connectivity index is 0.00000300. The largest absolute Gasteiger partial charge is 0.379 e. The van der Waals surface area contributed by atoms with Crippen LogP contribution in [0.15, 0.2) is 35.3 Å². The minimum absolute atomic E-state index is 0. The summed E-state index contributed by atoms with van der Waals surface area (Å²) in [7, 11) is 0. The van der Waals surface area contributed by atoms with Gasteiger partial charge < -0.3 is 20.3 Å². The van der Waals surface area contributed by atoms with Crippen LogP contribution < -0.4 is 10.6 Å². The van der Waals surface area contributed by atoms with Gasteiger partial charge in [-0.05, 0) is 37.8 Å². The van der Waals surface area contributed by atoms with Crippen LogP contribution in [0.25, 0.3) is 0 Å². The number of nitrogens with one attached hydrogen (secondary N) is 2. The average Bonchev–Trinajstić information content (AvgIpc) is 3.20. The van der Waals surface area contributed by atoms with Gasteiger partial charge in [-0.2, -0.15) is 0 Å². The molecule has 7 heteroatoms. The van der Waals surface area contributed by atoms with Gasteiger partial charge in [0.15, 0.2) is 5.96 Å². The van der Waals surface area contributed by atoms with E-state index < -0.39 is 0 Å². The molecule has 0 radical (unpaired) electrons. The van der Waals surface area contributed by atoms with E-state index in [4.69, 9.17) is 9.73 Å². The number of benzene rings is 1. The third kappa shape index (κ3) is 9.19. The maximum absolute atomic E-state index is 5.41. The van der Waals surface area contributed by atoms with Crippen LogP contribution in [0.3, 0.4) is 0 Å². The second-order valence-corrected chi connectivity index (χ2v) is 7.79. The molecular weight excluding hydrogens is 477 g/mol. The number of hydrogen-bond acceptors (Lipinski definition) is 4. The number of aliphatic imine (C=N–C) groups is 1. The van der Waals surface area contributed by atoms with Crippen LogP contribution in [0.5, 0.6) is 0 Å². The lowest BCUT2D eigenvalue weighted by Crippen LogP contribution is -2.44. The van der Waals surface area contributed by atoms with Gasteiger partial charge in [0.25, 0.3) is 0 Å². The van der Waals surface area contributed by atoms with Gasteiger partial charge in [-0.3, -0.25) is 9.89 Å². The minimum Gasteiger partial charge on any atom is -0.379 e. The van der Waals surface area contributed by atoms with Gasteiger partial charge in [-0.25, -0.2) is 0 Å². The number of hydrogen-bond donors (Lipinski definition) is 2. The van der Waals surface area contributed by atoms with Crippen molar-refractivity contribution >= 4 is 29.9 Å². The molecule has 1 aromatic carbocycles. The molecule has 2 fully saturated rings. The molecule has 3 rings (SSSR count). The van der Waals surface area contributed by atoms with E-state index in [1.165, 1.54) is 25.1 Å². The second-order valence-electron chi connectivity index (χ2n) is 7.79. The normalized spacial score (nSPS) is 21.0. The Morgan fingerprint density at radius 2 is 1.86 bits per heavy atom. The zero-order chi connectivity index (χ0) is 19.4. The Hall–Kier alpha value is -0.900. The molecule has 0 amide bonds. The molecule has 0 saturated carbocycles. The van der Waals surface area contributed by atoms with Crippen molar-refractivity contribution in [1.82, 2.24) is 20.4 Å². The molecule has 29 heavy (non-hydrogen) atoms. The Kier molecular flexibility index (Phi) is 11.9. The topological polar surface area (TPSA) is 52.1 Å². The molecule has 0 aromatic heterocycles. The summed E-state index contributed by atoms with van der Waals surface area (Å²) in [6.45, 7) is 13.2. The third-order valence-electron chi connectivity index (χ3n) is 5.61. The lowest BCUT2D eigenvalue weighted by atomic mass is 10.1. The highest BCUT2D eigenvalue weighted by Crippen LogP contribution is 2.17. The zero-order valence-electron chi connectivity index (χ0n) is 17.8. The van der Waals surface area contributed by atoms with Gasteiger partial charge in [-0.15, -0.1) is 24.0 Å². The number of ether oxygens (including phenoxy) is 1. The maximum atomic E-state index is 5.41. The predicted molar refractivity (Wildman–Crippen MR) is 131 cm³/mol. The second kappa shape index (κ2) is 14.2. The number of likely N-dealkylation sites (tertiary alicyclic amines) is 1. The number of rotatable bonds is 9. The molecule has 1 atom stereocenters. The summed E-state index contributed by atoms with van der Waals surface area (Å²) in [5, 5.41) is 6.88. The molecule has 1 aromatic rings. The lowest BCUT2D eigenvalue weighted by Gasteiger charge is -2.26. The van der Waals surface area contributed by atoms with Crippen molar-refractivity contribution in [3.8, 4) is 0 Å². The quantitative estimate of drug-likeness (QED) is 0.300. The molecular formula is C22H38IN5O. The fraction of sp³-hybridized carbons (Fsp3) is 0.682. The smallest absolute Gasteiger partial charge is 0.191 e. The zero-order valence-corrected chi connectivity index (χ0v) is 20.1. The predicted octanol–water partition coefficient (Wildman–Crippen LogP) is 2.06. The molecule has 1 unspecified atom stereocenters. The van der Waals surface area contributed by atoms with Gasteiger partial charge >= 0.3 is 0 Å². The summed E-state index contributed by atoms with van der Waals surface area (Å²) in [5.74, 6) is 1.63. The molecule has 2 aliphatic rings. The highest BCUT2D eigenvalue weighted by Gasteiger charge is 2.22. The van der Waals surface area contributed by atoms with E-state index in [-0.39, 0.29) is 24.0 Å². The minimum atomic E-state index is 0. The van der Waals surface area contributed by atoms with E-state index in [2.05, 4.69) is 57.7 Å². The van der Waals surface area contributed by atoms with E-state index in [1.54, 1.807) is 0 Å². The molecule has 2 saturated heterocycles. The first-order valence-corrected chi connectivity index (χ1v) is 10.9. The van der Waals surface area contributed by atoms with Crippen LogP contribution in [0, 0.1) is 5.92 Å². The highest BCUT2D eigenvalue weighted by molar-refractivity contribution is 14.0. The van der Waals surface area contributed by atoms with Crippen molar-refractivity contribution in [3.05, 3.63) is 35.9 Å². The molecule has 2 aliphatic heterocycles. The van der Waals surface area contributed by atoms with Gasteiger partial charge in [0.1, 0.15) is 0 Å². The standard InChI is InChI=1S/C22H37N5O.HI/c1-2-23-22(24-10-13-26-14-16-28-17-15-26)25-18-21-9-12-27(19-21)11-8-20-6-4-3-5-7-20;/h3-7,21H,2,8-19H2,1H3,(H2,23,24,25);1H. The third-order valence-corrected chi connectivity index (χ3v) is 5.61. The Labute approximate surface area is 193 Å². The van der Waals surface area contributed by atoms with E-state index in [0.717, 1.165) is 71.4 Å². The molecule has 2 heterocycles. The van der Waals surface area contributed by atoms with Gasteiger partial charge in [0.2, 0.25) is 0 Å². The number of morpholine rings is 1. The van der Waals surface area contributed by atoms with Crippen LogP contribution in [0.4, 0.5) is 0 Å². The van der Waals surface area contributed by atoms with Gasteiger partial charge in [0.05, 0.1) is 13.2 Å². The summed E-state index contributed by atoms with van der Waals surface area (Å²) in [5.41, 5.74) is 1.43. The van der Waals surface area contributed by atoms with E-state index >= 15 is 0 Å². The van der Waals surface area contributed by atoms with E-state index in [9.17, 15) is 0 Å². The molecule has 164 valence electrons. The van der Waals surface area contributed by atoms with Crippen LogP contribution in [-0.4, -0.2) is 87.9 Å². The van der Waals surface area contributed by atoms with Gasteiger partial charge in [0, 0.05) is 52.4 Å². The first-order chi connectivity index (χ1) is 13.8. The van der Waals surface area contributed by atoms with Gasteiger partial charge in [-0.1, -0.05) is 30.3 Å². The molecule has 0 bridgehead atoms. The monoisotopic (exact) mass is 515 g/mol. The SMILES string of the molecule is CCNC(=NCC1CCN(CCc2ccccc2)C1)NCCN1CCOCC1.I. The van der Waals surface area contributed by atoms with E-state index in [1.807, 2.05) is 0 Å². The number of halogens is 1. The van der Waals surface area contributed by atoms with Crippen LogP contribution >= 0.6 is 24.0 Å². The average molecular weight is 515 g/mol. The Bertz CT molecular complexity index is 580. The van der Waals surface area contributed by atoms with Crippen molar-refractivity contribution in [2.45, 2.75) is 19.8 Å². The molecule has 2 N–H and O–H groups in total. The van der Waals surface area contributed by atoms with Crippen molar-refractivity contribution < 1.29 is 4.74 Å². The fourth-order valence-corrected chi connectivity index (χ4v) is 3.92. The molecule has 0 aliphatic carbocycles. The summed E-state index contributed by atoms with van der Waals surface area (Å²) in [4.78, 5) is 9.89. The molecule has 0 spiro atoms. The first-order valence-electron chi connectivity index (χ1n) is 10.9. The van der Waals surface area contributed by atoms with Crippen molar-refractivity contribution in [2.24, 2.45) is 10.9 Å². The van der Waals surface area contributed by atoms with Crippen molar-refractivity contribution in [3.63, 3.8) is 0 Å².